The van der Waals surface area contributed by atoms with Crippen LogP contribution in [0.25, 0.3) is 20.9 Å². The monoisotopic (exact) mass is 393 g/mol. The fourth-order valence-electron chi connectivity index (χ4n) is 3.63. The molecule has 29 heavy (non-hydrogen) atoms. The van der Waals surface area contributed by atoms with Crippen molar-refractivity contribution in [1.82, 2.24) is 9.97 Å². The number of aromatic nitrogens is 2. The number of hydrogen-bond donors (Lipinski definition) is 0. The standard InChI is InChI=1S/C24H15N3OS/c1-3-9-21-19(7-1)27(20-8-2-4-10-22(20)28-21)17-13-11-16(12-14-17)23-26-18-6-5-15-25-24(18)29-23/h1-15H. The molecule has 3 aromatic carbocycles. The number of ether oxygens (including phenoxy) is 1. The first-order valence-corrected chi connectivity index (χ1v) is 10.2. The minimum atomic E-state index is 0.854. The van der Waals surface area contributed by atoms with Crippen LogP contribution in [-0.4, -0.2) is 9.97 Å². The Balaban J connectivity index is 1.44. The highest BCUT2D eigenvalue weighted by Gasteiger charge is 2.25. The maximum atomic E-state index is 6.10. The lowest BCUT2D eigenvalue weighted by Crippen LogP contribution is -2.15. The molecule has 1 aliphatic rings. The topological polar surface area (TPSA) is 38.2 Å². The lowest BCUT2D eigenvalue weighted by Gasteiger charge is -2.32. The van der Waals surface area contributed by atoms with Gasteiger partial charge in [0.1, 0.15) is 15.4 Å². The van der Waals surface area contributed by atoms with Crippen molar-refractivity contribution in [2.45, 2.75) is 0 Å². The van der Waals surface area contributed by atoms with Crippen molar-refractivity contribution in [3.8, 4) is 22.1 Å². The van der Waals surface area contributed by atoms with Gasteiger partial charge in [0.2, 0.25) is 0 Å². The molecule has 3 heterocycles. The quantitative estimate of drug-likeness (QED) is 0.319. The van der Waals surface area contributed by atoms with Crippen LogP contribution in [0.15, 0.2) is 91.1 Å². The van der Waals surface area contributed by atoms with Gasteiger partial charge in [-0.2, -0.15) is 0 Å². The summed E-state index contributed by atoms with van der Waals surface area (Å²) in [5, 5.41) is 0.980. The molecule has 0 atom stereocenters. The van der Waals surface area contributed by atoms with E-state index < -0.39 is 0 Å². The molecule has 0 unspecified atom stereocenters. The van der Waals surface area contributed by atoms with Gasteiger partial charge in [-0.1, -0.05) is 35.6 Å². The number of rotatable bonds is 2. The number of fused-ring (bicyclic) bond motifs is 3. The summed E-state index contributed by atoms with van der Waals surface area (Å²) in [6, 6.07) is 28.6. The summed E-state index contributed by atoms with van der Waals surface area (Å²) in [5.41, 5.74) is 5.17. The maximum absolute atomic E-state index is 6.10. The average molecular weight is 393 g/mol. The van der Waals surface area contributed by atoms with Gasteiger partial charge in [0.15, 0.2) is 11.5 Å². The molecule has 0 aliphatic carbocycles. The molecular formula is C24H15N3OS. The van der Waals surface area contributed by atoms with Gasteiger partial charge in [0.05, 0.1) is 11.4 Å². The fraction of sp³-hybridized carbons (Fsp3) is 0. The van der Waals surface area contributed by atoms with Crippen LogP contribution in [0.3, 0.4) is 0 Å². The zero-order chi connectivity index (χ0) is 19.2. The van der Waals surface area contributed by atoms with Crippen molar-refractivity contribution in [2.75, 3.05) is 4.90 Å². The highest BCUT2D eigenvalue weighted by atomic mass is 32.1. The molecule has 0 radical (unpaired) electrons. The van der Waals surface area contributed by atoms with Crippen molar-refractivity contribution in [2.24, 2.45) is 0 Å². The molecule has 0 saturated carbocycles. The Hall–Kier alpha value is -3.70. The minimum absolute atomic E-state index is 0.854. The molecule has 0 fully saturated rings. The summed E-state index contributed by atoms with van der Waals surface area (Å²) in [4.78, 5) is 12.3. The van der Waals surface area contributed by atoms with Gasteiger partial charge in [-0.05, 0) is 60.7 Å². The molecule has 0 amide bonds. The van der Waals surface area contributed by atoms with Crippen LogP contribution in [-0.2, 0) is 0 Å². The number of para-hydroxylation sites is 4. The molecule has 1 aliphatic heterocycles. The Morgan fingerprint density at radius 1 is 0.724 bits per heavy atom. The summed E-state index contributed by atoms with van der Waals surface area (Å²) in [6.07, 6.45) is 1.81. The van der Waals surface area contributed by atoms with Gasteiger partial charge in [-0.3, -0.25) is 0 Å². The van der Waals surface area contributed by atoms with E-state index in [1.165, 1.54) is 0 Å². The Bertz CT molecular complexity index is 1270. The van der Waals surface area contributed by atoms with Crippen LogP contribution in [0.1, 0.15) is 0 Å². The van der Waals surface area contributed by atoms with Gasteiger partial charge >= 0.3 is 0 Å². The normalized spacial score (nSPS) is 12.3. The van der Waals surface area contributed by atoms with Crippen LogP contribution < -0.4 is 9.64 Å². The minimum Gasteiger partial charge on any atom is -0.453 e. The molecular weight excluding hydrogens is 378 g/mol. The van der Waals surface area contributed by atoms with E-state index in [1.54, 1.807) is 17.5 Å². The number of pyridine rings is 1. The van der Waals surface area contributed by atoms with E-state index in [0.29, 0.717) is 0 Å². The predicted molar refractivity (Wildman–Crippen MR) is 118 cm³/mol. The van der Waals surface area contributed by atoms with Crippen LogP contribution in [0.2, 0.25) is 0 Å². The summed E-state index contributed by atoms with van der Waals surface area (Å²) < 4.78 is 6.10. The highest BCUT2D eigenvalue weighted by molar-refractivity contribution is 7.21. The second-order valence-corrected chi connectivity index (χ2v) is 7.74. The van der Waals surface area contributed by atoms with E-state index in [9.17, 15) is 0 Å². The van der Waals surface area contributed by atoms with Crippen molar-refractivity contribution in [3.05, 3.63) is 91.1 Å². The summed E-state index contributed by atoms with van der Waals surface area (Å²) in [6.45, 7) is 0. The zero-order valence-electron chi connectivity index (χ0n) is 15.3. The smallest absolute Gasteiger partial charge is 0.151 e. The molecule has 0 bridgehead atoms. The maximum Gasteiger partial charge on any atom is 0.151 e. The van der Waals surface area contributed by atoms with Crippen LogP contribution in [0.5, 0.6) is 11.5 Å². The van der Waals surface area contributed by atoms with Gasteiger partial charge in [0, 0.05) is 17.4 Å². The number of hydrogen-bond acceptors (Lipinski definition) is 5. The first-order valence-electron chi connectivity index (χ1n) is 9.35. The van der Waals surface area contributed by atoms with E-state index in [1.807, 2.05) is 48.5 Å². The Labute approximate surface area is 171 Å². The predicted octanol–water partition coefficient (Wildman–Crippen LogP) is 6.93. The zero-order valence-corrected chi connectivity index (χ0v) is 16.1. The molecule has 138 valence electrons. The molecule has 0 spiro atoms. The lowest BCUT2D eigenvalue weighted by molar-refractivity contribution is 0.477. The Morgan fingerprint density at radius 2 is 1.41 bits per heavy atom. The number of benzene rings is 3. The Morgan fingerprint density at radius 3 is 2.10 bits per heavy atom. The van der Waals surface area contributed by atoms with Crippen LogP contribution in [0, 0.1) is 0 Å². The largest absolute Gasteiger partial charge is 0.453 e. The van der Waals surface area contributed by atoms with Crippen molar-refractivity contribution >= 4 is 38.7 Å². The van der Waals surface area contributed by atoms with E-state index in [4.69, 9.17) is 9.72 Å². The van der Waals surface area contributed by atoms with Crippen LogP contribution >= 0.6 is 11.3 Å². The number of nitrogens with zero attached hydrogens (tertiary/aromatic N) is 3. The third kappa shape index (κ3) is 2.67. The molecule has 5 aromatic rings. The van der Waals surface area contributed by atoms with Gasteiger partial charge in [-0.15, -0.1) is 0 Å². The highest BCUT2D eigenvalue weighted by Crippen LogP contribution is 2.50. The van der Waals surface area contributed by atoms with Crippen molar-refractivity contribution in [1.29, 1.82) is 0 Å². The van der Waals surface area contributed by atoms with Gasteiger partial charge in [-0.25, -0.2) is 9.97 Å². The first kappa shape index (κ1) is 16.3. The lowest BCUT2D eigenvalue weighted by atomic mass is 10.1. The number of anilines is 3. The molecule has 4 nitrogen and oxygen atoms in total. The van der Waals surface area contributed by atoms with Gasteiger partial charge < -0.3 is 9.64 Å². The summed E-state index contributed by atoms with van der Waals surface area (Å²) >= 11 is 1.61. The van der Waals surface area contributed by atoms with E-state index in [-0.39, 0.29) is 0 Å². The second kappa shape index (κ2) is 6.43. The van der Waals surface area contributed by atoms with Crippen molar-refractivity contribution in [3.63, 3.8) is 0 Å². The Kier molecular flexibility index (Phi) is 3.61. The molecule has 0 saturated heterocycles. The molecule has 6 rings (SSSR count). The van der Waals surface area contributed by atoms with Gasteiger partial charge in [0.25, 0.3) is 0 Å². The van der Waals surface area contributed by atoms with Crippen molar-refractivity contribution < 1.29 is 4.74 Å². The number of thiazole rings is 1. The summed E-state index contributed by atoms with van der Waals surface area (Å²) in [5.74, 6) is 1.71. The first-order chi connectivity index (χ1) is 14.4. The molecule has 5 heteroatoms. The molecule has 0 N–H and O–H groups in total. The van der Waals surface area contributed by atoms with E-state index in [2.05, 4.69) is 46.3 Å². The molecule has 2 aromatic heterocycles. The summed E-state index contributed by atoms with van der Waals surface area (Å²) in [7, 11) is 0. The average Bonchev–Trinajstić information content (AvgIpc) is 3.22. The van der Waals surface area contributed by atoms with E-state index >= 15 is 0 Å². The van der Waals surface area contributed by atoms with E-state index in [0.717, 1.165) is 49.5 Å². The van der Waals surface area contributed by atoms with Crippen LogP contribution in [0.4, 0.5) is 17.1 Å². The third-order valence-corrected chi connectivity index (χ3v) is 6.00. The SMILES string of the molecule is c1ccc2c(c1)Oc1ccccc1N2c1ccc(-c2nc3cccnc3s2)cc1. The third-order valence-electron chi connectivity index (χ3n) is 4.97. The fourth-order valence-corrected chi connectivity index (χ4v) is 4.54. The second-order valence-electron chi connectivity index (χ2n) is 6.77.